The topological polar surface area (TPSA) is 38.0 Å². The van der Waals surface area contributed by atoms with E-state index in [1.54, 1.807) is 47.7 Å². The Morgan fingerprint density at radius 3 is 0.848 bits per heavy atom. The van der Waals surface area contributed by atoms with Crippen LogP contribution in [0, 0.1) is 0 Å². The maximum atomic E-state index is 14.2. The zero-order valence-corrected chi connectivity index (χ0v) is 39.2. The van der Waals surface area contributed by atoms with Crippen molar-refractivity contribution in [3.05, 3.63) is 206 Å². The van der Waals surface area contributed by atoms with Crippen LogP contribution in [0.2, 0.25) is 0 Å². The first kappa shape index (κ1) is 60.9. The van der Waals surface area contributed by atoms with Gasteiger partial charge in [-0.05, 0) is 24.3 Å². The summed E-state index contributed by atoms with van der Waals surface area (Å²) in [5.74, 6) is -0.00563. The van der Waals surface area contributed by atoms with Crippen LogP contribution in [-0.4, -0.2) is 17.7 Å². The molecule has 0 spiro atoms. The molecule has 0 aliphatic rings. The minimum atomic E-state index is -6.13. The summed E-state index contributed by atoms with van der Waals surface area (Å²) in [6.07, 6.45) is -52.9. The van der Waals surface area contributed by atoms with Gasteiger partial charge in [0.05, 0.1) is 49.9 Å². The van der Waals surface area contributed by atoms with E-state index in [-0.39, 0.29) is 11.6 Å². The first-order chi connectivity index (χ1) is 36.0. The molecule has 0 saturated heterocycles. The number of nitrogens with zero attached hydrogens (tertiary/aromatic N) is 1. The standard InChI is InChI=1S/C32H12BF24.C18H14NO2S/c34-25(35,36)13-1-14(26(37,38)39)6-21(5-13)33(22-7-15(27(40,41)42)2-16(8-22)28(43,44)45,23-9-17(29(46,47)48)3-18(10-23)30(49,50)51)24-11-19(31(52,53)54)4-20(12-24)32(55,56)57;20-17(12-19-10-11-22-13-19)14-6-8-16(9-7-14)18(21)15-4-2-1-3-5-15/h1-12H;1-11,13H,12H2/q-1;+1. The van der Waals surface area contributed by atoms with Crippen molar-refractivity contribution in [2.24, 2.45) is 0 Å². The molecule has 0 N–H and O–H groups in total. The summed E-state index contributed by atoms with van der Waals surface area (Å²) in [6.45, 7) is 0.315. The third-order valence-electron chi connectivity index (χ3n) is 11.8. The van der Waals surface area contributed by atoms with Crippen LogP contribution in [0.3, 0.4) is 0 Å². The first-order valence-electron chi connectivity index (χ1n) is 21.5. The van der Waals surface area contributed by atoms with Gasteiger partial charge in [0.25, 0.3) is 0 Å². The predicted molar refractivity (Wildman–Crippen MR) is 235 cm³/mol. The van der Waals surface area contributed by atoms with E-state index in [1.165, 1.54) is 0 Å². The lowest BCUT2D eigenvalue weighted by molar-refractivity contribution is -0.678. The minimum Gasteiger partial charge on any atom is -0.289 e. The van der Waals surface area contributed by atoms with Crippen molar-refractivity contribution in [1.82, 2.24) is 0 Å². The van der Waals surface area contributed by atoms with Crippen molar-refractivity contribution in [3.8, 4) is 0 Å². The molecule has 0 radical (unpaired) electrons. The lowest BCUT2D eigenvalue weighted by Crippen LogP contribution is -2.75. The van der Waals surface area contributed by atoms with Gasteiger partial charge in [-0.15, -0.1) is 0 Å². The average molecular weight is 1170 g/mol. The van der Waals surface area contributed by atoms with Gasteiger partial charge in [-0.1, -0.05) is 114 Å². The lowest BCUT2D eigenvalue weighted by Gasteiger charge is -2.46. The van der Waals surface area contributed by atoms with E-state index in [9.17, 15) is 115 Å². The molecule has 29 heteroatoms. The zero-order chi connectivity index (χ0) is 59.3. The molecule has 0 bridgehead atoms. The summed E-state index contributed by atoms with van der Waals surface area (Å²) in [4.78, 5) is 24.5. The molecule has 7 aromatic rings. The molecular formula is C50H26BF24NO2S. The monoisotopic (exact) mass is 1170 g/mol. The molecular weight excluding hydrogens is 1150 g/mol. The van der Waals surface area contributed by atoms with E-state index in [1.807, 2.05) is 39.9 Å². The van der Waals surface area contributed by atoms with E-state index >= 15 is 0 Å². The number of halogens is 24. The molecule has 6 aromatic carbocycles. The molecule has 0 fully saturated rings. The quantitative estimate of drug-likeness (QED) is 0.0625. The normalized spacial score (nSPS) is 13.2. The van der Waals surface area contributed by atoms with Gasteiger partial charge in [0, 0.05) is 16.7 Å². The molecule has 1 aromatic heterocycles. The highest BCUT2D eigenvalue weighted by Crippen LogP contribution is 2.41. The van der Waals surface area contributed by atoms with Gasteiger partial charge in [-0.2, -0.15) is 132 Å². The number of alkyl halides is 24. The maximum Gasteiger partial charge on any atom is 0.416 e. The number of benzene rings is 6. The van der Waals surface area contributed by atoms with E-state index in [0.717, 1.165) is 0 Å². The van der Waals surface area contributed by atoms with Crippen LogP contribution in [0.1, 0.15) is 70.8 Å². The summed E-state index contributed by atoms with van der Waals surface area (Å²) >= 11 is 1.55. The van der Waals surface area contributed by atoms with Gasteiger partial charge in [0.2, 0.25) is 17.8 Å². The number of hydrogen-bond acceptors (Lipinski definition) is 3. The van der Waals surface area contributed by atoms with Gasteiger partial charge in [-0.25, -0.2) is 0 Å². The van der Waals surface area contributed by atoms with Crippen molar-refractivity contribution in [3.63, 3.8) is 0 Å². The van der Waals surface area contributed by atoms with E-state index in [4.69, 9.17) is 0 Å². The Morgan fingerprint density at radius 1 is 0.354 bits per heavy atom. The maximum absolute atomic E-state index is 14.2. The fourth-order valence-corrected chi connectivity index (χ4v) is 8.84. The summed E-state index contributed by atoms with van der Waals surface area (Å²) in [5, 5.41) is 1.93. The molecule has 79 heavy (non-hydrogen) atoms. The Morgan fingerprint density at radius 2 is 0.608 bits per heavy atom. The van der Waals surface area contributed by atoms with Crippen molar-refractivity contribution < 1.29 is 120 Å². The molecule has 0 saturated carbocycles. The fraction of sp³-hybridized carbons (Fsp3) is 0.180. The van der Waals surface area contributed by atoms with Crippen molar-refractivity contribution >= 4 is 50.9 Å². The second-order valence-electron chi connectivity index (χ2n) is 17.1. The van der Waals surface area contributed by atoms with Crippen LogP contribution in [0.25, 0.3) is 0 Å². The summed E-state index contributed by atoms with van der Waals surface area (Å²) < 4.78 is 343. The van der Waals surface area contributed by atoms with E-state index in [2.05, 4.69) is 0 Å². The van der Waals surface area contributed by atoms with Gasteiger partial charge < -0.3 is 0 Å². The molecule has 0 atom stereocenters. The Kier molecular flexibility index (Phi) is 16.5. The first-order valence-corrected chi connectivity index (χ1v) is 22.4. The van der Waals surface area contributed by atoms with E-state index in [0.29, 0.717) is 23.2 Å². The van der Waals surface area contributed by atoms with Gasteiger partial charge in [0.15, 0.2) is 12.0 Å². The van der Waals surface area contributed by atoms with Crippen LogP contribution in [0.5, 0.6) is 0 Å². The summed E-state index contributed by atoms with van der Waals surface area (Å²) in [7, 11) is 0. The minimum absolute atomic E-state index is 0.0297. The molecule has 0 amide bonds. The number of aromatic nitrogens is 1. The average Bonchev–Trinajstić information content (AvgIpc) is 4.02. The molecule has 1 heterocycles. The molecule has 0 aliphatic heterocycles. The largest absolute Gasteiger partial charge is 0.416 e. The number of ketones is 2. The Bertz CT molecular complexity index is 2890. The highest BCUT2D eigenvalue weighted by molar-refractivity contribution is 7.20. The molecule has 7 rings (SSSR count). The number of Topliss-reactive ketones (excluding diaryl/α,β-unsaturated/α-hetero) is 1. The molecule has 3 nitrogen and oxygen atoms in total. The highest BCUT2D eigenvalue weighted by atomic mass is 32.1. The summed E-state index contributed by atoms with van der Waals surface area (Å²) in [5.41, 5.74) is -26.5. The number of carbonyl (C=O) groups excluding carboxylic acids is 2. The van der Waals surface area contributed by atoms with Crippen LogP contribution < -0.4 is 26.4 Å². The molecule has 0 aliphatic carbocycles. The van der Waals surface area contributed by atoms with E-state index < -0.39 is 195 Å². The van der Waals surface area contributed by atoms with Crippen molar-refractivity contribution in [2.45, 2.75) is 56.0 Å². The van der Waals surface area contributed by atoms with Crippen molar-refractivity contribution in [1.29, 1.82) is 0 Å². The third-order valence-corrected chi connectivity index (χ3v) is 12.5. The van der Waals surface area contributed by atoms with Gasteiger partial charge >= 0.3 is 49.4 Å². The van der Waals surface area contributed by atoms with Crippen molar-refractivity contribution in [2.75, 3.05) is 0 Å². The second-order valence-corrected chi connectivity index (χ2v) is 17.9. The number of carbonyl (C=O) groups is 2. The number of hydrogen-bond donors (Lipinski definition) is 0. The highest BCUT2D eigenvalue weighted by Gasteiger charge is 2.47. The number of rotatable bonds is 9. The fourth-order valence-electron chi connectivity index (χ4n) is 8.24. The number of thiazole rings is 1. The van der Waals surface area contributed by atoms with Crippen LogP contribution in [0.4, 0.5) is 105 Å². The van der Waals surface area contributed by atoms with Crippen LogP contribution in [-0.2, 0) is 56.0 Å². The smallest absolute Gasteiger partial charge is 0.289 e. The predicted octanol–water partition coefficient (Wildman–Crippen LogP) is 14.4. The van der Waals surface area contributed by atoms with Crippen LogP contribution >= 0.6 is 11.3 Å². The van der Waals surface area contributed by atoms with Gasteiger partial charge in [0.1, 0.15) is 6.15 Å². The third kappa shape index (κ3) is 14.1. The van der Waals surface area contributed by atoms with Crippen LogP contribution in [0.15, 0.2) is 144 Å². The second kappa shape index (κ2) is 21.4. The Labute approximate surface area is 431 Å². The molecule has 420 valence electrons. The lowest BCUT2D eigenvalue weighted by atomic mass is 9.12. The zero-order valence-electron chi connectivity index (χ0n) is 38.4. The molecule has 0 unspecified atom stereocenters. The summed E-state index contributed by atoms with van der Waals surface area (Å²) in [6, 6.07) is 7.16. The Balaban J connectivity index is 0.000000378. The Hall–Kier alpha value is -7.33. The van der Waals surface area contributed by atoms with Gasteiger partial charge in [-0.3, -0.25) is 9.59 Å². The SMILES string of the molecule is FC(F)(F)c1cc([B-](c2cc(C(F)(F)F)cc(C(F)(F)F)c2)(c2cc(C(F)(F)F)cc(C(F)(F)F)c2)c2cc(C(F)(F)F)cc(C(F)(F)F)c2)cc(C(F)(F)F)c1.O=C(C[n+]1ccsc1)c1ccc(C(=O)c2ccccc2)cc1.